The van der Waals surface area contributed by atoms with Crippen LogP contribution in [-0.2, 0) is 23.0 Å². The van der Waals surface area contributed by atoms with E-state index in [9.17, 15) is 9.59 Å². The fourth-order valence-electron chi connectivity index (χ4n) is 2.85. The first-order valence-electron chi connectivity index (χ1n) is 7.95. The Morgan fingerprint density at radius 2 is 2.17 bits per heavy atom. The predicted octanol–water partition coefficient (Wildman–Crippen LogP) is 0.596. The molecule has 23 heavy (non-hydrogen) atoms. The number of aryl methyl sites for hydroxylation is 1. The maximum absolute atomic E-state index is 12.8. The molecule has 2 rings (SSSR count). The normalized spacial score (nSPS) is 21.6. The van der Waals surface area contributed by atoms with Gasteiger partial charge in [-0.2, -0.15) is 5.10 Å². The first-order valence-corrected chi connectivity index (χ1v) is 7.95. The van der Waals surface area contributed by atoms with Crippen molar-refractivity contribution in [2.24, 2.45) is 13.0 Å². The molecule has 7 nitrogen and oxygen atoms in total. The van der Waals surface area contributed by atoms with Crippen molar-refractivity contribution >= 4 is 11.8 Å². The first-order chi connectivity index (χ1) is 10.8. The van der Waals surface area contributed by atoms with Gasteiger partial charge in [0.2, 0.25) is 0 Å². The second-order valence-electron chi connectivity index (χ2n) is 6.63. The largest absolute Gasteiger partial charge is 0.362 e. The van der Waals surface area contributed by atoms with Crippen molar-refractivity contribution in [2.45, 2.75) is 32.8 Å². The van der Waals surface area contributed by atoms with E-state index >= 15 is 0 Å². The Labute approximate surface area is 137 Å². The summed E-state index contributed by atoms with van der Waals surface area (Å²) in [6.45, 7) is 6.98. The molecule has 1 fully saturated rings. The van der Waals surface area contributed by atoms with E-state index < -0.39 is 5.60 Å². The highest BCUT2D eigenvalue weighted by Crippen LogP contribution is 2.20. The minimum absolute atomic E-state index is 0.117. The van der Waals surface area contributed by atoms with Crippen LogP contribution in [0.1, 0.15) is 37.0 Å². The highest BCUT2D eigenvalue weighted by molar-refractivity contribution is 5.94. The molecule has 1 aliphatic heterocycles. The molecule has 0 aromatic carbocycles. The third-order valence-corrected chi connectivity index (χ3v) is 4.04. The molecular weight excluding hydrogens is 296 g/mol. The molecule has 0 saturated carbocycles. The molecule has 2 heterocycles. The quantitative estimate of drug-likeness (QED) is 0.880. The Hall–Kier alpha value is -1.89. The van der Waals surface area contributed by atoms with Crippen LogP contribution in [0.2, 0.25) is 0 Å². The van der Waals surface area contributed by atoms with Crippen LogP contribution in [0.25, 0.3) is 0 Å². The molecule has 0 radical (unpaired) electrons. The van der Waals surface area contributed by atoms with Gasteiger partial charge >= 0.3 is 0 Å². The molecule has 0 bridgehead atoms. The van der Waals surface area contributed by atoms with Gasteiger partial charge in [0.05, 0.1) is 18.8 Å². The van der Waals surface area contributed by atoms with Crippen molar-refractivity contribution in [3.8, 4) is 0 Å². The fourth-order valence-corrected chi connectivity index (χ4v) is 2.85. The predicted molar refractivity (Wildman–Crippen MR) is 86.1 cm³/mol. The molecule has 1 aromatic rings. The van der Waals surface area contributed by atoms with E-state index in [4.69, 9.17) is 4.74 Å². The topological polar surface area (TPSA) is 76.5 Å². The number of amides is 2. The highest BCUT2D eigenvalue weighted by atomic mass is 16.5. The zero-order valence-electron chi connectivity index (χ0n) is 14.5. The van der Waals surface area contributed by atoms with Gasteiger partial charge in [-0.15, -0.1) is 0 Å². The molecule has 128 valence electrons. The SMILES string of the molecule is CNC(=O)[C@]1(C)CN(C(=O)c2cc(CC(C)C)nn2C)CCO1. The number of rotatable bonds is 4. The van der Waals surface area contributed by atoms with Crippen LogP contribution in [0.5, 0.6) is 0 Å². The summed E-state index contributed by atoms with van der Waals surface area (Å²) in [7, 11) is 3.34. The van der Waals surface area contributed by atoms with Gasteiger partial charge < -0.3 is 15.0 Å². The number of hydrogen-bond donors (Lipinski definition) is 1. The maximum atomic E-state index is 12.8. The van der Waals surface area contributed by atoms with Crippen LogP contribution in [0.4, 0.5) is 0 Å². The number of aromatic nitrogens is 2. The highest BCUT2D eigenvalue weighted by Gasteiger charge is 2.40. The molecule has 1 atom stereocenters. The summed E-state index contributed by atoms with van der Waals surface area (Å²) in [6.07, 6.45) is 0.834. The van der Waals surface area contributed by atoms with Gasteiger partial charge in [0.25, 0.3) is 11.8 Å². The molecule has 7 heteroatoms. The van der Waals surface area contributed by atoms with E-state index in [1.54, 1.807) is 30.6 Å². The van der Waals surface area contributed by atoms with Crippen molar-refractivity contribution in [2.75, 3.05) is 26.7 Å². The van der Waals surface area contributed by atoms with Crippen molar-refractivity contribution < 1.29 is 14.3 Å². The van der Waals surface area contributed by atoms with E-state index in [-0.39, 0.29) is 18.4 Å². The zero-order valence-corrected chi connectivity index (χ0v) is 14.5. The van der Waals surface area contributed by atoms with Crippen LogP contribution in [-0.4, -0.2) is 58.8 Å². The standard InChI is InChI=1S/C16H26N4O3/c1-11(2)8-12-9-13(19(5)18-12)14(21)20-6-7-23-16(3,10-20)15(22)17-4/h9,11H,6-8,10H2,1-5H3,(H,17,22)/t16-/m0/s1. The van der Waals surface area contributed by atoms with Gasteiger partial charge in [-0.25, -0.2) is 0 Å². The van der Waals surface area contributed by atoms with Crippen LogP contribution in [0, 0.1) is 5.92 Å². The Morgan fingerprint density at radius 1 is 1.48 bits per heavy atom. The number of nitrogens with zero attached hydrogens (tertiary/aromatic N) is 3. The third kappa shape index (κ3) is 3.72. The first kappa shape index (κ1) is 17.5. The lowest BCUT2D eigenvalue weighted by Crippen LogP contribution is -2.59. The van der Waals surface area contributed by atoms with Crippen molar-refractivity contribution in [1.82, 2.24) is 20.0 Å². The van der Waals surface area contributed by atoms with E-state index in [2.05, 4.69) is 24.3 Å². The van der Waals surface area contributed by atoms with Gasteiger partial charge in [-0.1, -0.05) is 13.8 Å². The van der Waals surface area contributed by atoms with Crippen LogP contribution >= 0.6 is 0 Å². The zero-order chi connectivity index (χ0) is 17.2. The van der Waals surface area contributed by atoms with Gasteiger partial charge in [0, 0.05) is 20.6 Å². The molecule has 0 unspecified atom stereocenters. The van der Waals surface area contributed by atoms with Crippen molar-refractivity contribution in [1.29, 1.82) is 0 Å². The summed E-state index contributed by atoms with van der Waals surface area (Å²) in [4.78, 5) is 26.5. The number of likely N-dealkylation sites (N-methyl/N-ethyl adjacent to an activating group) is 1. The Morgan fingerprint density at radius 3 is 2.78 bits per heavy atom. The molecule has 1 aromatic heterocycles. The molecule has 2 amide bonds. The smallest absolute Gasteiger partial charge is 0.272 e. The molecule has 1 saturated heterocycles. The monoisotopic (exact) mass is 322 g/mol. The van der Waals surface area contributed by atoms with Crippen molar-refractivity contribution in [3.63, 3.8) is 0 Å². The van der Waals surface area contributed by atoms with Gasteiger partial charge in [-0.3, -0.25) is 14.3 Å². The van der Waals surface area contributed by atoms with Gasteiger partial charge in [-0.05, 0) is 25.3 Å². The summed E-state index contributed by atoms with van der Waals surface area (Å²) in [6, 6.07) is 1.84. The second kappa shape index (κ2) is 6.70. The summed E-state index contributed by atoms with van der Waals surface area (Å²) in [5, 5.41) is 7.01. The molecular formula is C16H26N4O3. The molecule has 1 N–H and O–H groups in total. The average molecular weight is 322 g/mol. The Bertz CT molecular complexity index is 596. The number of hydrogen-bond acceptors (Lipinski definition) is 4. The summed E-state index contributed by atoms with van der Waals surface area (Å²) < 4.78 is 7.21. The van der Waals surface area contributed by atoms with E-state index in [1.165, 1.54) is 0 Å². The molecule has 1 aliphatic rings. The van der Waals surface area contributed by atoms with Crippen molar-refractivity contribution in [3.05, 3.63) is 17.5 Å². The third-order valence-electron chi connectivity index (χ3n) is 4.04. The van der Waals surface area contributed by atoms with Gasteiger partial charge in [0.1, 0.15) is 5.69 Å². The van der Waals surface area contributed by atoms with Crippen LogP contribution in [0.3, 0.4) is 0 Å². The average Bonchev–Trinajstić information content (AvgIpc) is 2.85. The fraction of sp³-hybridized carbons (Fsp3) is 0.688. The minimum Gasteiger partial charge on any atom is -0.362 e. The number of nitrogens with one attached hydrogen (secondary N) is 1. The number of ether oxygens (including phenoxy) is 1. The number of morpholine rings is 1. The molecule has 0 spiro atoms. The Balaban J connectivity index is 2.17. The van der Waals surface area contributed by atoms with Crippen LogP contribution < -0.4 is 5.32 Å². The Kier molecular flexibility index (Phi) is 5.09. The minimum atomic E-state index is -1.01. The molecule has 0 aliphatic carbocycles. The van der Waals surface area contributed by atoms with E-state index in [1.807, 2.05) is 6.07 Å². The van der Waals surface area contributed by atoms with E-state index in [0.29, 0.717) is 24.8 Å². The number of carbonyl (C=O) groups excluding carboxylic acids is 2. The maximum Gasteiger partial charge on any atom is 0.272 e. The summed E-state index contributed by atoms with van der Waals surface area (Å²) in [5.74, 6) is 0.140. The van der Waals surface area contributed by atoms with Crippen LogP contribution in [0.15, 0.2) is 6.07 Å². The number of carbonyl (C=O) groups is 2. The summed E-state index contributed by atoms with van der Waals surface area (Å²) >= 11 is 0. The van der Waals surface area contributed by atoms with Gasteiger partial charge in [0.15, 0.2) is 5.60 Å². The summed E-state index contributed by atoms with van der Waals surface area (Å²) in [5.41, 5.74) is 0.442. The second-order valence-corrected chi connectivity index (χ2v) is 6.63. The van der Waals surface area contributed by atoms with E-state index in [0.717, 1.165) is 12.1 Å². The lowest BCUT2D eigenvalue weighted by molar-refractivity contribution is -0.153. The lowest BCUT2D eigenvalue weighted by atomic mass is 10.0. The lowest BCUT2D eigenvalue weighted by Gasteiger charge is -2.38.